The minimum Gasteiger partial charge on any atom is -0.598 e. The molecule has 1 aliphatic heterocycles. The van der Waals surface area contributed by atoms with Crippen LogP contribution in [0.4, 0.5) is 10.1 Å². The van der Waals surface area contributed by atoms with Crippen molar-refractivity contribution in [1.29, 1.82) is 5.26 Å². The van der Waals surface area contributed by atoms with Gasteiger partial charge in [0, 0.05) is 29.1 Å². The summed E-state index contributed by atoms with van der Waals surface area (Å²) in [5.74, 6) is -1.71. The number of nitro groups is 1. The summed E-state index contributed by atoms with van der Waals surface area (Å²) < 4.78 is 58.3. The first-order valence-corrected chi connectivity index (χ1v) is 11.3. The quantitative estimate of drug-likeness (QED) is 0.378. The molecule has 1 aromatic rings. The van der Waals surface area contributed by atoms with Gasteiger partial charge in [-0.25, -0.2) is 12.8 Å². The lowest BCUT2D eigenvalue weighted by Crippen LogP contribution is -2.60. The van der Waals surface area contributed by atoms with Gasteiger partial charge in [-0.1, -0.05) is 0 Å². The molecule has 2 atom stereocenters. The number of nitrogens with zero attached hydrogens (tertiary/aromatic N) is 2. The summed E-state index contributed by atoms with van der Waals surface area (Å²) in [6, 6.07) is 4.45. The highest BCUT2D eigenvalue weighted by molar-refractivity contribution is 7.93. The van der Waals surface area contributed by atoms with Gasteiger partial charge in [0.25, 0.3) is 5.69 Å². The van der Waals surface area contributed by atoms with E-state index in [4.69, 9.17) is 4.74 Å². The number of benzene rings is 1. The lowest BCUT2D eigenvalue weighted by molar-refractivity contribution is -0.385. The van der Waals surface area contributed by atoms with Gasteiger partial charge in [0.2, 0.25) is 4.75 Å². The third-order valence-electron chi connectivity index (χ3n) is 4.58. The zero-order chi connectivity index (χ0) is 22.3. The van der Waals surface area contributed by atoms with Crippen LogP contribution in [0.25, 0.3) is 0 Å². The molecule has 0 amide bonds. The van der Waals surface area contributed by atoms with Gasteiger partial charge >= 0.3 is 0 Å². The van der Waals surface area contributed by atoms with Crippen molar-refractivity contribution in [1.82, 2.24) is 4.72 Å². The maximum atomic E-state index is 14.7. The molecule has 29 heavy (non-hydrogen) atoms. The highest BCUT2D eigenvalue weighted by Gasteiger charge is 2.55. The molecule has 1 aliphatic rings. The molecule has 0 spiro atoms. The van der Waals surface area contributed by atoms with Crippen LogP contribution < -0.4 is 4.72 Å². The van der Waals surface area contributed by atoms with E-state index in [-0.39, 0.29) is 18.8 Å². The number of hydrogen-bond donors (Lipinski definition) is 1. The second-order valence-electron chi connectivity index (χ2n) is 8.09. The molecule has 0 aromatic heterocycles. The van der Waals surface area contributed by atoms with Gasteiger partial charge in [-0.3, -0.25) is 10.1 Å². The highest BCUT2D eigenvalue weighted by atomic mass is 32.2. The van der Waals surface area contributed by atoms with Crippen molar-refractivity contribution in [2.45, 2.75) is 42.7 Å². The van der Waals surface area contributed by atoms with Crippen LogP contribution in [0.3, 0.4) is 0 Å². The third kappa shape index (κ3) is 4.54. The summed E-state index contributed by atoms with van der Waals surface area (Å²) in [6.07, 6.45) is 0. The lowest BCUT2D eigenvalue weighted by atomic mass is 9.94. The molecule has 9 nitrogen and oxygen atoms in total. The Morgan fingerprint density at radius 1 is 1.38 bits per heavy atom. The van der Waals surface area contributed by atoms with E-state index >= 15 is 0 Å². The fraction of sp³-hybridized carbons (Fsp3) is 0.588. The summed E-state index contributed by atoms with van der Waals surface area (Å²) >= 11 is -1.85. The zero-order valence-electron chi connectivity index (χ0n) is 16.4. The second kappa shape index (κ2) is 7.81. The smallest absolute Gasteiger partial charge is 0.269 e. The van der Waals surface area contributed by atoms with Gasteiger partial charge in [-0.05, 0) is 33.8 Å². The van der Waals surface area contributed by atoms with E-state index in [0.717, 1.165) is 18.2 Å². The summed E-state index contributed by atoms with van der Waals surface area (Å²) in [6.45, 7) is 5.52. The van der Waals surface area contributed by atoms with Crippen LogP contribution in [0.5, 0.6) is 0 Å². The van der Waals surface area contributed by atoms with Crippen molar-refractivity contribution < 1.29 is 27.0 Å². The minimum absolute atomic E-state index is 0.332. The van der Waals surface area contributed by atoms with Gasteiger partial charge < -0.3 is 9.29 Å². The van der Waals surface area contributed by atoms with Crippen molar-refractivity contribution in [3.8, 4) is 6.07 Å². The van der Waals surface area contributed by atoms with E-state index in [1.165, 1.54) is 6.92 Å². The van der Waals surface area contributed by atoms with E-state index in [2.05, 4.69) is 4.72 Å². The number of nitriles is 1. The Labute approximate surface area is 171 Å². The Morgan fingerprint density at radius 3 is 2.38 bits per heavy atom. The SMILES string of the molecule is CC(C)(C)[S+]([O-])N[C@@](C)(CS(=O)(=O)C1(C#N)COC1)c1cc([N+](=O)[O-])ccc1F. The van der Waals surface area contributed by atoms with Gasteiger partial charge in [-0.15, -0.1) is 4.72 Å². The van der Waals surface area contributed by atoms with Crippen LogP contribution in [0.1, 0.15) is 33.3 Å². The van der Waals surface area contributed by atoms with Crippen molar-refractivity contribution in [2.75, 3.05) is 19.0 Å². The number of halogens is 1. The molecule has 1 aromatic carbocycles. The predicted octanol–water partition coefficient (Wildman–Crippen LogP) is 1.71. The van der Waals surface area contributed by atoms with Crippen molar-refractivity contribution in [2.24, 2.45) is 0 Å². The van der Waals surface area contributed by atoms with Crippen LogP contribution in [-0.4, -0.2) is 46.4 Å². The number of rotatable bonds is 7. The first-order valence-electron chi connectivity index (χ1n) is 8.53. The molecular formula is C17H22FN3O6S2. The third-order valence-corrected chi connectivity index (χ3v) is 8.80. The monoisotopic (exact) mass is 447 g/mol. The summed E-state index contributed by atoms with van der Waals surface area (Å²) in [5, 5.41) is 20.5. The highest BCUT2D eigenvalue weighted by Crippen LogP contribution is 2.36. The predicted molar refractivity (Wildman–Crippen MR) is 104 cm³/mol. The topological polar surface area (TPSA) is 145 Å². The molecule has 1 unspecified atom stereocenters. The molecular weight excluding hydrogens is 425 g/mol. The molecule has 1 saturated heterocycles. The molecule has 1 heterocycles. The molecule has 0 aliphatic carbocycles. The first kappa shape index (κ1) is 23.5. The normalized spacial score (nSPS) is 19.5. The Balaban J connectivity index is 2.60. The summed E-state index contributed by atoms with van der Waals surface area (Å²) in [7, 11) is -4.20. The average Bonchev–Trinajstić information content (AvgIpc) is 2.52. The van der Waals surface area contributed by atoms with Gasteiger partial charge in [-0.2, -0.15) is 5.26 Å². The number of ether oxygens (including phenoxy) is 1. The number of nitrogens with one attached hydrogen (secondary N) is 1. The largest absolute Gasteiger partial charge is 0.598 e. The molecule has 12 heteroatoms. The fourth-order valence-electron chi connectivity index (χ4n) is 2.69. The maximum Gasteiger partial charge on any atom is 0.269 e. The van der Waals surface area contributed by atoms with Crippen molar-refractivity contribution >= 4 is 26.9 Å². The lowest BCUT2D eigenvalue weighted by Gasteiger charge is -2.39. The Kier molecular flexibility index (Phi) is 6.33. The van der Waals surface area contributed by atoms with Crippen LogP contribution in [-0.2, 0) is 31.5 Å². The summed E-state index contributed by atoms with van der Waals surface area (Å²) in [4.78, 5) is 10.4. The van der Waals surface area contributed by atoms with E-state index in [0.29, 0.717) is 0 Å². The molecule has 0 bridgehead atoms. The standard InChI is InChI=1S/C17H22FN3O6S2/c1-15(2,3)28(24)20-16(4,11-29(25,26)17(8-19)9-27-10-17)13-7-12(21(22)23)5-6-14(13)18/h5-7,20H,9-11H2,1-4H3/t16-,28?/m0/s1. The number of sulfone groups is 1. The van der Waals surface area contributed by atoms with Gasteiger partial charge in [0.1, 0.15) is 16.1 Å². The first-order chi connectivity index (χ1) is 13.2. The number of nitro benzene ring substituents is 1. The van der Waals surface area contributed by atoms with Crippen LogP contribution in [0.15, 0.2) is 18.2 Å². The van der Waals surface area contributed by atoms with Crippen molar-refractivity contribution in [3.05, 3.63) is 39.7 Å². The van der Waals surface area contributed by atoms with E-state index in [1.807, 2.05) is 0 Å². The van der Waals surface area contributed by atoms with Crippen LogP contribution in [0.2, 0.25) is 0 Å². The Hall–Kier alpha value is -1.78. The van der Waals surface area contributed by atoms with E-state index in [9.17, 15) is 32.7 Å². The molecule has 0 saturated carbocycles. The number of hydrogen-bond acceptors (Lipinski definition) is 8. The van der Waals surface area contributed by atoms with E-state index < -0.39 is 58.4 Å². The molecule has 0 radical (unpaired) electrons. The van der Waals surface area contributed by atoms with Crippen LogP contribution >= 0.6 is 0 Å². The second-order valence-corrected chi connectivity index (χ2v) is 12.4. The molecule has 2 rings (SSSR count). The molecule has 160 valence electrons. The van der Waals surface area contributed by atoms with Crippen molar-refractivity contribution in [3.63, 3.8) is 0 Å². The molecule has 1 fully saturated rings. The van der Waals surface area contributed by atoms with Gasteiger partial charge in [0.15, 0.2) is 9.84 Å². The minimum atomic E-state index is -4.20. The van der Waals surface area contributed by atoms with E-state index in [1.54, 1.807) is 26.8 Å². The van der Waals surface area contributed by atoms with Crippen LogP contribution in [0, 0.1) is 27.3 Å². The summed E-state index contributed by atoms with van der Waals surface area (Å²) in [5.41, 5.74) is -2.59. The average molecular weight is 448 g/mol. The Morgan fingerprint density at radius 2 is 1.97 bits per heavy atom. The number of non-ortho nitro benzene ring substituents is 1. The fourth-order valence-corrected chi connectivity index (χ4v) is 5.61. The maximum absolute atomic E-state index is 14.7. The zero-order valence-corrected chi connectivity index (χ0v) is 18.0. The molecule has 1 N–H and O–H groups in total. The van der Waals surface area contributed by atoms with Gasteiger partial charge in [0.05, 0.1) is 30.0 Å². The Bertz CT molecular complexity index is 953.